The average Bonchev–Trinajstić information content (AvgIpc) is 3.48. The van der Waals surface area contributed by atoms with E-state index in [1.807, 2.05) is 18.2 Å². The fourth-order valence-electron chi connectivity index (χ4n) is 4.18. The minimum absolute atomic E-state index is 0.151. The fourth-order valence-corrected chi connectivity index (χ4v) is 6.83. The minimum Gasteiger partial charge on any atom is -0.497 e. The van der Waals surface area contributed by atoms with Gasteiger partial charge in [0.05, 0.1) is 17.7 Å². The number of benzene rings is 2. The van der Waals surface area contributed by atoms with Crippen molar-refractivity contribution in [3.8, 4) is 17.0 Å². The molecule has 1 aliphatic heterocycles. The third-order valence-corrected chi connectivity index (χ3v) is 8.62. The second-order valence-electron chi connectivity index (χ2n) is 7.56. The maximum atomic E-state index is 13.1. The number of rotatable bonds is 5. The zero-order valence-electron chi connectivity index (χ0n) is 16.9. The highest BCUT2D eigenvalue weighted by molar-refractivity contribution is 7.89. The second-order valence-corrected chi connectivity index (χ2v) is 10.5. The van der Waals surface area contributed by atoms with Gasteiger partial charge in [0.25, 0.3) is 0 Å². The average molecular weight is 456 g/mol. The lowest BCUT2D eigenvalue weighted by atomic mass is 10.1. The lowest BCUT2D eigenvalue weighted by Crippen LogP contribution is -2.43. The summed E-state index contributed by atoms with van der Waals surface area (Å²) in [6.07, 6.45) is 1.92. The Morgan fingerprint density at radius 2 is 1.97 bits per heavy atom. The van der Waals surface area contributed by atoms with E-state index in [1.165, 1.54) is 40.4 Å². The number of carbonyl (C=O) groups excluding carboxylic acids is 1. The number of carbonyl (C=O) groups is 1. The molecule has 0 radical (unpaired) electrons. The molecule has 1 N–H and O–H groups in total. The molecule has 0 spiro atoms. The summed E-state index contributed by atoms with van der Waals surface area (Å²) in [7, 11) is -2.26. The molecule has 1 aliphatic carbocycles. The van der Waals surface area contributed by atoms with Crippen LogP contribution >= 0.6 is 11.3 Å². The summed E-state index contributed by atoms with van der Waals surface area (Å²) < 4.78 is 32.7. The molecule has 1 aromatic heterocycles. The summed E-state index contributed by atoms with van der Waals surface area (Å²) in [6.45, 7) is 0.314. The highest BCUT2D eigenvalue weighted by Gasteiger charge is 2.40. The van der Waals surface area contributed by atoms with E-state index in [0.29, 0.717) is 30.3 Å². The van der Waals surface area contributed by atoms with Crippen molar-refractivity contribution in [1.82, 2.24) is 9.29 Å². The van der Waals surface area contributed by atoms with Crippen LogP contribution in [0.15, 0.2) is 53.4 Å². The number of nitrogens with one attached hydrogen (secondary N) is 1. The molecule has 3 aromatic rings. The van der Waals surface area contributed by atoms with Crippen molar-refractivity contribution < 1.29 is 17.9 Å². The van der Waals surface area contributed by atoms with Crippen molar-refractivity contribution in [1.29, 1.82) is 0 Å². The Balaban J connectivity index is 1.35. The lowest BCUT2D eigenvalue weighted by molar-refractivity contribution is -0.119. The zero-order valence-corrected chi connectivity index (χ0v) is 18.5. The molecule has 31 heavy (non-hydrogen) atoms. The normalized spacial score (nSPS) is 17.9. The first-order chi connectivity index (χ1) is 15.0. The number of amides is 1. The summed E-state index contributed by atoms with van der Waals surface area (Å²) in [4.78, 5) is 18.9. The number of anilines is 1. The van der Waals surface area contributed by atoms with E-state index in [4.69, 9.17) is 4.74 Å². The van der Waals surface area contributed by atoms with E-state index in [1.54, 1.807) is 12.1 Å². The number of fused-ring (bicyclic) bond motifs is 3. The van der Waals surface area contributed by atoms with Crippen molar-refractivity contribution in [2.45, 2.75) is 30.2 Å². The van der Waals surface area contributed by atoms with Crippen molar-refractivity contribution >= 4 is 32.4 Å². The van der Waals surface area contributed by atoms with Crippen LogP contribution in [-0.4, -0.2) is 43.3 Å². The Morgan fingerprint density at radius 1 is 1.19 bits per heavy atom. The fraction of sp³-hybridized carbons (Fsp3) is 0.273. The molecule has 2 heterocycles. The number of hydrogen-bond donors (Lipinski definition) is 1. The monoisotopic (exact) mass is 455 g/mol. The Kier molecular flexibility index (Phi) is 5.04. The van der Waals surface area contributed by atoms with Gasteiger partial charge in [0.2, 0.25) is 15.9 Å². The first kappa shape index (κ1) is 20.2. The number of hydrogen-bond acceptors (Lipinski definition) is 6. The van der Waals surface area contributed by atoms with E-state index in [-0.39, 0.29) is 10.8 Å². The smallest absolute Gasteiger partial charge is 0.244 e. The van der Waals surface area contributed by atoms with Gasteiger partial charge in [-0.1, -0.05) is 24.3 Å². The Morgan fingerprint density at radius 3 is 2.74 bits per heavy atom. The van der Waals surface area contributed by atoms with Crippen LogP contribution in [0.5, 0.6) is 5.75 Å². The van der Waals surface area contributed by atoms with Crippen LogP contribution in [0.1, 0.15) is 23.3 Å². The summed E-state index contributed by atoms with van der Waals surface area (Å²) in [5, 5.41) is 3.37. The molecule has 1 unspecified atom stereocenters. The summed E-state index contributed by atoms with van der Waals surface area (Å²) >= 11 is 1.45. The number of thiazole rings is 1. The molecule has 1 saturated heterocycles. The SMILES string of the molecule is COc1ccc(S(=O)(=O)N2CCCC2C(=O)Nc2nc3c(s2)Cc2ccccc2-3)cc1. The van der Waals surface area contributed by atoms with Crippen LogP contribution in [0.4, 0.5) is 5.13 Å². The van der Waals surface area contributed by atoms with Gasteiger partial charge in [-0.3, -0.25) is 4.79 Å². The first-order valence-electron chi connectivity index (χ1n) is 10.0. The van der Waals surface area contributed by atoms with Gasteiger partial charge in [-0.25, -0.2) is 13.4 Å². The standard InChI is InChI=1S/C22H21N3O4S2/c1-29-15-8-10-16(11-9-15)31(27,28)25-12-4-7-18(25)21(26)24-22-23-20-17-6-3-2-5-14(17)13-19(20)30-22/h2-3,5-6,8-11,18H,4,7,12-13H2,1H3,(H,23,24,26). The predicted octanol–water partition coefficient (Wildman–Crippen LogP) is 3.51. The topological polar surface area (TPSA) is 88.6 Å². The number of methoxy groups -OCH3 is 1. The molecule has 0 saturated carbocycles. The maximum absolute atomic E-state index is 13.1. The molecule has 2 aromatic carbocycles. The molecular weight excluding hydrogens is 434 g/mol. The number of nitrogens with zero attached hydrogens (tertiary/aromatic N) is 2. The van der Waals surface area contributed by atoms with Crippen LogP contribution in [0.25, 0.3) is 11.3 Å². The van der Waals surface area contributed by atoms with E-state index in [9.17, 15) is 13.2 Å². The van der Waals surface area contributed by atoms with Gasteiger partial charge >= 0.3 is 0 Å². The largest absolute Gasteiger partial charge is 0.497 e. The Hall–Kier alpha value is -2.75. The predicted molar refractivity (Wildman–Crippen MR) is 119 cm³/mol. The van der Waals surface area contributed by atoms with Gasteiger partial charge in [-0.2, -0.15) is 4.31 Å². The first-order valence-corrected chi connectivity index (χ1v) is 12.3. The van der Waals surface area contributed by atoms with Gasteiger partial charge in [0.15, 0.2) is 5.13 Å². The number of aromatic nitrogens is 1. The molecule has 7 nitrogen and oxygen atoms in total. The van der Waals surface area contributed by atoms with E-state index in [2.05, 4.69) is 16.4 Å². The van der Waals surface area contributed by atoms with Crippen molar-refractivity contribution in [2.24, 2.45) is 0 Å². The molecule has 0 bridgehead atoms. The number of sulfonamides is 1. The van der Waals surface area contributed by atoms with Gasteiger partial charge in [-0.05, 0) is 42.7 Å². The molecule has 5 rings (SSSR count). The van der Waals surface area contributed by atoms with Crippen LogP contribution in [0, 0.1) is 0 Å². The summed E-state index contributed by atoms with van der Waals surface area (Å²) in [6, 6.07) is 13.6. The zero-order chi connectivity index (χ0) is 21.6. The molecule has 160 valence electrons. The van der Waals surface area contributed by atoms with E-state index < -0.39 is 16.1 Å². The summed E-state index contributed by atoms with van der Waals surface area (Å²) in [5.74, 6) is 0.239. The Bertz CT molecular complexity index is 1250. The quantitative estimate of drug-likeness (QED) is 0.497. The van der Waals surface area contributed by atoms with E-state index >= 15 is 0 Å². The lowest BCUT2D eigenvalue weighted by Gasteiger charge is -2.23. The minimum atomic E-state index is -3.79. The Labute approximate surface area is 184 Å². The highest BCUT2D eigenvalue weighted by Crippen LogP contribution is 2.41. The number of ether oxygens (including phenoxy) is 1. The second kappa shape index (κ2) is 7.74. The maximum Gasteiger partial charge on any atom is 0.244 e. The molecule has 1 fully saturated rings. The van der Waals surface area contributed by atoms with Crippen LogP contribution < -0.4 is 10.1 Å². The molecule has 1 atom stereocenters. The van der Waals surface area contributed by atoms with Gasteiger partial charge < -0.3 is 10.1 Å². The van der Waals surface area contributed by atoms with Crippen molar-refractivity contribution in [3.05, 3.63) is 59.0 Å². The van der Waals surface area contributed by atoms with Gasteiger partial charge in [0.1, 0.15) is 11.8 Å². The molecule has 1 amide bonds. The third-order valence-electron chi connectivity index (χ3n) is 5.72. The summed E-state index contributed by atoms with van der Waals surface area (Å²) in [5.41, 5.74) is 3.24. The molecular formula is C22H21N3O4S2. The van der Waals surface area contributed by atoms with Gasteiger partial charge in [0, 0.05) is 23.4 Å². The third kappa shape index (κ3) is 3.52. The van der Waals surface area contributed by atoms with Crippen molar-refractivity contribution in [2.75, 3.05) is 19.0 Å². The molecule has 9 heteroatoms. The van der Waals surface area contributed by atoms with Crippen LogP contribution in [0.2, 0.25) is 0 Å². The van der Waals surface area contributed by atoms with Gasteiger partial charge in [-0.15, -0.1) is 11.3 Å². The van der Waals surface area contributed by atoms with Crippen molar-refractivity contribution in [3.63, 3.8) is 0 Å². The van der Waals surface area contributed by atoms with Crippen LogP contribution in [0.3, 0.4) is 0 Å². The molecule has 2 aliphatic rings. The van der Waals surface area contributed by atoms with E-state index in [0.717, 1.165) is 22.6 Å². The van der Waals surface area contributed by atoms with Crippen LogP contribution in [-0.2, 0) is 21.2 Å². The highest BCUT2D eigenvalue weighted by atomic mass is 32.2.